The molecule has 0 bridgehead atoms. The van der Waals surface area contributed by atoms with Crippen LogP contribution < -0.4 is 10.1 Å². The predicted octanol–water partition coefficient (Wildman–Crippen LogP) is 6.03. The van der Waals surface area contributed by atoms with Crippen molar-refractivity contribution in [1.82, 2.24) is 0 Å². The number of amides is 1. The van der Waals surface area contributed by atoms with Gasteiger partial charge >= 0.3 is 0 Å². The van der Waals surface area contributed by atoms with Crippen molar-refractivity contribution in [2.24, 2.45) is 0 Å². The number of rotatable bonds is 8. The van der Waals surface area contributed by atoms with E-state index in [2.05, 4.69) is 12.2 Å². The first kappa shape index (κ1) is 21.4. The number of nitrogens with one attached hydrogen (secondary N) is 1. The van der Waals surface area contributed by atoms with Crippen LogP contribution in [0.5, 0.6) is 5.75 Å². The molecule has 29 heavy (non-hydrogen) atoms. The monoisotopic (exact) mass is 395 g/mol. The fraction of sp³-hybridized carbons (Fsp3) is 0.480. The molecule has 1 amide bonds. The zero-order valence-electron chi connectivity index (χ0n) is 17.7. The molecule has 2 aromatic rings. The van der Waals surface area contributed by atoms with E-state index in [1.54, 1.807) is 0 Å². The maximum Gasteiger partial charge on any atom is 0.256 e. The van der Waals surface area contributed by atoms with Gasteiger partial charge < -0.3 is 14.8 Å². The highest BCUT2D eigenvalue weighted by molar-refractivity contribution is 5.97. The molecule has 1 fully saturated rings. The standard InChI is InChI=1S/C25H33NO3/c1-3-17-29-25(15-9-4-5-10-16-25)24(27)26-22-13-14-23(20(2)18-22)28-19-21-11-7-6-8-12-21/h6-8,11-14,18H,3-5,9-10,15-17,19H2,1-2H3,(H,26,27). The molecule has 0 radical (unpaired) electrons. The largest absolute Gasteiger partial charge is 0.489 e. The van der Waals surface area contributed by atoms with Crippen LogP contribution in [0.25, 0.3) is 0 Å². The summed E-state index contributed by atoms with van der Waals surface area (Å²) in [6.07, 6.45) is 6.97. The van der Waals surface area contributed by atoms with Gasteiger partial charge in [-0.1, -0.05) is 62.9 Å². The Morgan fingerprint density at radius 3 is 2.41 bits per heavy atom. The molecule has 2 aromatic carbocycles. The second-order valence-electron chi connectivity index (χ2n) is 7.97. The second kappa shape index (κ2) is 10.4. The minimum absolute atomic E-state index is 0.00907. The zero-order valence-corrected chi connectivity index (χ0v) is 17.7. The summed E-state index contributed by atoms with van der Waals surface area (Å²) >= 11 is 0. The minimum atomic E-state index is -0.692. The molecule has 0 aromatic heterocycles. The molecule has 3 rings (SSSR count). The van der Waals surface area contributed by atoms with Gasteiger partial charge in [0.2, 0.25) is 0 Å². The maximum atomic E-state index is 13.2. The van der Waals surface area contributed by atoms with E-state index in [1.807, 2.05) is 55.5 Å². The molecule has 1 aliphatic rings. The number of benzene rings is 2. The van der Waals surface area contributed by atoms with E-state index in [9.17, 15) is 4.79 Å². The summed E-state index contributed by atoms with van der Waals surface area (Å²) in [5.74, 6) is 0.823. The zero-order chi connectivity index (χ0) is 20.5. The Balaban J connectivity index is 1.66. The van der Waals surface area contributed by atoms with Gasteiger partial charge in [0.1, 0.15) is 18.0 Å². The van der Waals surface area contributed by atoms with Crippen molar-refractivity contribution >= 4 is 11.6 Å². The molecule has 4 heteroatoms. The topological polar surface area (TPSA) is 47.6 Å². The molecule has 0 saturated heterocycles. The summed E-state index contributed by atoms with van der Waals surface area (Å²) in [5, 5.41) is 3.11. The molecule has 0 heterocycles. The molecule has 1 saturated carbocycles. The summed E-state index contributed by atoms with van der Waals surface area (Å²) < 4.78 is 12.1. The van der Waals surface area contributed by atoms with E-state index < -0.39 is 5.60 Å². The number of ether oxygens (including phenoxy) is 2. The lowest BCUT2D eigenvalue weighted by molar-refractivity contribution is -0.143. The van der Waals surface area contributed by atoms with E-state index in [1.165, 1.54) is 12.8 Å². The Morgan fingerprint density at radius 1 is 1.03 bits per heavy atom. The fourth-order valence-corrected chi connectivity index (χ4v) is 3.90. The van der Waals surface area contributed by atoms with Crippen LogP contribution in [-0.4, -0.2) is 18.1 Å². The smallest absolute Gasteiger partial charge is 0.256 e. The summed E-state index contributed by atoms with van der Waals surface area (Å²) in [7, 11) is 0. The molecule has 0 aliphatic heterocycles. The van der Waals surface area contributed by atoms with Crippen LogP contribution in [0.15, 0.2) is 48.5 Å². The lowest BCUT2D eigenvalue weighted by atomic mass is 9.92. The first-order chi connectivity index (χ1) is 14.1. The quantitative estimate of drug-likeness (QED) is 0.555. The number of hydrogen-bond acceptors (Lipinski definition) is 3. The van der Waals surface area contributed by atoms with Crippen molar-refractivity contribution in [3.63, 3.8) is 0 Å². The van der Waals surface area contributed by atoms with Crippen LogP contribution in [0.4, 0.5) is 5.69 Å². The number of carbonyl (C=O) groups is 1. The van der Waals surface area contributed by atoms with E-state index >= 15 is 0 Å². The summed E-state index contributed by atoms with van der Waals surface area (Å²) in [5.41, 5.74) is 2.24. The highest BCUT2D eigenvalue weighted by atomic mass is 16.5. The van der Waals surface area contributed by atoms with Gasteiger partial charge in [-0.15, -0.1) is 0 Å². The Morgan fingerprint density at radius 2 is 1.76 bits per heavy atom. The molecule has 0 atom stereocenters. The summed E-state index contributed by atoms with van der Waals surface area (Å²) in [6.45, 7) is 5.24. The van der Waals surface area contributed by atoms with Crippen molar-refractivity contribution < 1.29 is 14.3 Å². The van der Waals surface area contributed by atoms with Gasteiger partial charge in [-0.05, 0) is 55.5 Å². The molecule has 1 aliphatic carbocycles. The molecule has 0 spiro atoms. The van der Waals surface area contributed by atoms with E-state index in [4.69, 9.17) is 9.47 Å². The van der Waals surface area contributed by atoms with Crippen LogP contribution in [0, 0.1) is 6.92 Å². The highest BCUT2D eigenvalue weighted by Gasteiger charge is 2.39. The minimum Gasteiger partial charge on any atom is -0.489 e. The second-order valence-corrected chi connectivity index (χ2v) is 7.97. The third-order valence-electron chi connectivity index (χ3n) is 5.58. The third kappa shape index (κ3) is 5.83. The third-order valence-corrected chi connectivity index (χ3v) is 5.58. The van der Waals surface area contributed by atoms with Gasteiger partial charge in [-0.3, -0.25) is 4.79 Å². The van der Waals surface area contributed by atoms with Crippen molar-refractivity contribution in [3.05, 3.63) is 59.7 Å². The summed E-state index contributed by atoms with van der Waals surface area (Å²) in [6, 6.07) is 15.9. The van der Waals surface area contributed by atoms with Crippen LogP contribution in [-0.2, 0) is 16.1 Å². The fourth-order valence-electron chi connectivity index (χ4n) is 3.90. The van der Waals surface area contributed by atoms with Gasteiger partial charge in [-0.25, -0.2) is 0 Å². The van der Waals surface area contributed by atoms with Crippen molar-refractivity contribution in [3.8, 4) is 5.75 Å². The SMILES string of the molecule is CCCOC1(C(=O)Nc2ccc(OCc3ccccc3)c(C)c2)CCCCCC1. The Labute approximate surface area is 174 Å². The lowest BCUT2D eigenvalue weighted by Gasteiger charge is -2.31. The average molecular weight is 396 g/mol. The van der Waals surface area contributed by atoms with Crippen molar-refractivity contribution in [2.75, 3.05) is 11.9 Å². The number of carbonyl (C=O) groups excluding carboxylic acids is 1. The summed E-state index contributed by atoms with van der Waals surface area (Å²) in [4.78, 5) is 13.2. The van der Waals surface area contributed by atoms with Gasteiger partial charge in [0.05, 0.1) is 0 Å². The normalized spacial score (nSPS) is 16.1. The van der Waals surface area contributed by atoms with Crippen molar-refractivity contribution in [2.45, 2.75) is 71.0 Å². The van der Waals surface area contributed by atoms with E-state index in [0.717, 1.165) is 54.7 Å². The van der Waals surface area contributed by atoms with Crippen molar-refractivity contribution in [1.29, 1.82) is 0 Å². The van der Waals surface area contributed by atoms with Crippen LogP contribution >= 0.6 is 0 Å². The van der Waals surface area contributed by atoms with Crippen LogP contribution in [0.1, 0.15) is 63.0 Å². The molecule has 0 unspecified atom stereocenters. The Bertz CT molecular complexity index is 780. The van der Waals surface area contributed by atoms with Gasteiger partial charge in [0.25, 0.3) is 5.91 Å². The molecular weight excluding hydrogens is 362 g/mol. The lowest BCUT2D eigenvalue weighted by Crippen LogP contribution is -2.45. The first-order valence-electron chi connectivity index (χ1n) is 10.9. The number of anilines is 1. The predicted molar refractivity (Wildman–Crippen MR) is 117 cm³/mol. The maximum absolute atomic E-state index is 13.2. The number of aryl methyl sites for hydroxylation is 1. The Kier molecular flexibility index (Phi) is 7.70. The van der Waals surface area contributed by atoms with Gasteiger partial charge in [-0.2, -0.15) is 0 Å². The molecule has 156 valence electrons. The molecular formula is C25H33NO3. The van der Waals surface area contributed by atoms with Crippen LogP contribution in [0.2, 0.25) is 0 Å². The van der Waals surface area contributed by atoms with Gasteiger partial charge in [0.15, 0.2) is 0 Å². The van der Waals surface area contributed by atoms with E-state index in [-0.39, 0.29) is 5.91 Å². The average Bonchev–Trinajstić information content (AvgIpc) is 2.99. The number of hydrogen-bond donors (Lipinski definition) is 1. The molecule has 1 N–H and O–H groups in total. The molecule has 4 nitrogen and oxygen atoms in total. The Hall–Kier alpha value is -2.33. The van der Waals surface area contributed by atoms with E-state index in [0.29, 0.717) is 13.2 Å². The highest BCUT2D eigenvalue weighted by Crippen LogP contribution is 2.33. The van der Waals surface area contributed by atoms with Crippen LogP contribution in [0.3, 0.4) is 0 Å². The first-order valence-corrected chi connectivity index (χ1v) is 10.9. The van der Waals surface area contributed by atoms with Gasteiger partial charge in [0, 0.05) is 12.3 Å².